The summed E-state index contributed by atoms with van der Waals surface area (Å²) in [6.07, 6.45) is 0. The first-order valence-corrected chi connectivity index (χ1v) is 6.24. The fraction of sp³-hybridized carbons (Fsp3) is 0.125. The number of rotatable bonds is 2. The Kier molecular flexibility index (Phi) is 2.79. The topological polar surface area (TPSA) is 66.2 Å². The molecule has 0 unspecified atom stereocenters. The average molecular weight is 266 g/mol. The molecule has 1 heterocycles. The molecule has 4 nitrogen and oxygen atoms in total. The summed E-state index contributed by atoms with van der Waals surface area (Å²) in [5, 5.41) is 11.0. The van der Waals surface area contributed by atoms with Crippen molar-refractivity contribution in [2.75, 3.05) is 0 Å². The van der Waals surface area contributed by atoms with Gasteiger partial charge in [0.05, 0.1) is 5.97 Å². The van der Waals surface area contributed by atoms with Gasteiger partial charge in [0.2, 0.25) is 5.89 Å². The highest BCUT2D eigenvalue weighted by Crippen LogP contribution is 2.26. The number of aromatic nitrogens is 1. The van der Waals surface area contributed by atoms with Crippen LogP contribution in [0.5, 0.6) is 0 Å². The Morgan fingerprint density at radius 3 is 2.50 bits per heavy atom. The maximum Gasteiger partial charge on any atom is 0.227 e. The second kappa shape index (κ2) is 4.49. The molecular formula is C16H12NO3-. The zero-order valence-corrected chi connectivity index (χ0v) is 11.1. The van der Waals surface area contributed by atoms with Gasteiger partial charge in [-0.25, -0.2) is 4.98 Å². The number of carboxylic acid groups (broad SMARTS) is 1. The van der Waals surface area contributed by atoms with Crippen LogP contribution in [0.2, 0.25) is 0 Å². The van der Waals surface area contributed by atoms with Crippen molar-refractivity contribution in [2.24, 2.45) is 0 Å². The molecule has 100 valence electrons. The molecule has 0 aliphatic rings. The molecule has 0 atom stereocenters. The fourth-order valence-corrected chi connectivity index (χ4v) is 2.12. The van der Waals surface area contributed by atoms with Gasteiger partial charge in [-0.05, 0) is 43.7 Å². The molecule has 0 saturated heterocycles. The third-order valence-electron chi connectivity index (χ3n) is 3.25. The van der Waals surface area contributed by atoms with Gasteiger partial charge < -0.3 is 14.3 Å². The van der Waals surface area contributed by atoms with E-state index < -0.39 is 5.97 Å². The summed E-state index contributed by atoms with van der Waals surface area (Å²) in [6.45, 7) is 3.71. The maximum atomic E-state index is 11.0. The number of hydrogen-bond donors (Lipinski definition) is 0. The van der Waals surface area contributed by atoms with Gasteiger partial charge in [-0.15, -0.1) is 0 Å². The first-order valence-electron chi connectivity index (χ1n) is 6.24. The summed E-state index contributed by atoms with van der Waals surface area (Å²) in [4.78, 5) is 15.3. The molecule has 0 aliphatic carbocycles. The van der Waals surface area contributed by atoms with Crippen LogP contribution >= 0.6 is 0 Å². The highest BCUT2D eigenvalue weighted by Gasteiger charge is 2.11. The Bertz CT molecular complexity index is 800. The van der Waals surface area contributed by atoms with Gasteiger partial charge in [0, 0.05) is 11.1 Å². The lowest BCUT2D eigenvalue weighted by atomic mass is 10.1. The van der Waals surface area contributed by atoms with Crippen LogP contribution in [0.1, 0.15) is 21.5 Å². The summed E-state index contributed by atoms with van der Waals surface area (Å²) >= 11 is 0. The van der Waals surface area contributed by atoms with Crippen LogP contribution in [0.3, 0.4) is 0 Å². The number of carboxylic acids is 1. The third-order valence-corrected chi connectivity index (χ3v) is 3.25. The second-order valence-electron chi connectivity index (χ2n) is 4.81. The van der Waals surface area contributed by atoms with Crippen molar-refractivity contribution >= 4 is 17.1 Å². The van der Waals surface area contributed by atoms with Crippen molar-refractivity contribution in [2.45, 2.75) is 13.8 Å². The van der Waals surface area contributed by atoms with Crippen molar-refractivity contribution in [1.82, 2.24) is 4.98 Å². The van der Waals surface area contributed by atoms with Gasteiger partial charge in [0.1, 0.15) is 5.52 Å². The highest BCUT2D eigenvalue weighted by atomic mass is 16.4. The molecule has 0 bridgehead atoms. The fourth-order valence-electron chi connectivity index (χ4n) is 2.12. The Morgan fingerprint density at radius 1 is 1.15 bits per heavy atom. The third kappa shape index (κ3) is 2.05. The lowest BCUT2D eigenvalue weighted by Gasteiger charge is -2.04. The van der Waals surface area contributed by atoms with Crippen molar-refractivity contribution in [3.05, 3.63) is 53.1 Å². The second-order valence-corrected chi connectivity index (χ2v) is 4.81. The maximum absolute atomic E-state index is 11.0. The minimum Gasteiger partial charge on any atom is -0.545 e. The molecule has 2 aromatic carbocycles. The number of nitrogens with zero attached hydrogens (tertiary/aromatic N) is 1. The van der Waals surface area contributed by atoms with E-state index in [1.165, 1.54) is 6.07 Å². The van der Waals surface area contributed by atoms with Gasteiger partial charge in [0.15, 0.2) is 5.58 Å². The quantitative estimate of drug-likeness (QED) is 0.714. The Morgan fingerprint density at radius 2 is 1.85 bits per heavy atom. The average Bonchev–Trinajstić information content (AvgIpc) is 2.81. The summed E-state index contributed by atoms with van der Waals surface area (Å²) in [5.74, 6) is -0.723. The molecule has 4 heteroatoms. The Hall–Kier alpha value is -2.62. The molecule has 20 heavy (non-hydrogen) atoms. The summed E-state index contributed by atoms with van der Waals surface area (Å²) < 4.78 is 5.69. The minimum absolute atomic E-state index is 0.140. The van der Waals surface area contributed by atoms with Gasteiger partial charge in [-0.2, -0.15) is 0 Å². The summed E-state index contributed by atoms with van der Waals surface area (Å²) in [6, 6.07) is 11.0. The highest BCUT2D eigenvalue weighted by molar-refractivity contribution is 5.92. The standard InChI is InChI=1S/C16H13NO3/c1-9-3-5-11(6-4-9)15-17-13-8-12(16(18)19)10(2)7-14(13)20-15/h3-8H,1-2H3,(H,18,19)/p-1. The summed E-state index contributed by atoms with van der Waals surface area (Å²) in [5.41, 5.74) is 3.85. The lowest BCUT2D eigenvalue weighted by Crippen LogP contribution is -2.23. The van der Waals surface area contributed by atoms with Crippen LogP contribution in [0.4, 0.5) is 0 Å². The van der Waals surface area contributed by atoms with Gasteiger partial charge >= 0.3 is 0 Å². The number of aromatic carboxylic acids is 1. The van der Waals surface area contributed by atoms with Crippen LogP contribution in [0.15, 0.2) is 40.8 Å². The largest absolute Gasteiger partial charge is 0.545 e. The number of carbonyl (C=O) groups excluding carboxylic acids is 1. The van der Waals surface area contributed by atoms with E-state index in [4.69, 9.17) is 4.42 Å². The molecule has 0 radical (unpaired) electrons. The van der Waals surface area contributed by atoms with E-state index >= 15 is 0 Å². The summed E-state index contributed by atoms with van der Waals surface area (Å²) in [7, 11) is 0. The first kappa shape index (κ1) is 12.4. The van der Waals surface area contributed by atoms with Crippen LogP contribution in [-0.2, 0) is 0 Å². The predicted octanol–water partition coefficient (Wildman–Crippen LogP) is 2.48. The van der Waals surface area contributed by atoms with Crippen LogP contribution < -0.4 is 5.11 Å². The lowest BCUT2D eigenvalue weighted by molar-refractivity contribution is -0.255. The van der Waals surface area contributed by atoms with Crippen molar-refractivity contribution in [1.29, 1.82) is 0 Å². The number of hydrogen-bond acceptors (Lipinski definition) is 4. The van der Waals surface area contributed by atoms with E-state index in [9.17, 15) is 9.90 Å². The van der Waals surface area contributed by atoms with Crippen molar-refractivity contribution < 1.29 is 14.3 Å². The molecule has 3 rings (SSSR count). The molecule has 1 aromatic heterocycles. The smallest absolute Gasteiger partial charge is 0.227 e. The van der Waals surface area contributed by atoms with Gasteiger partial charge in [-0.3, -0.25) is 0 Å². The SMILES string of the molecule is Cc1ccc(-c2nc3cc(C(=O)[O-])c(C)cc3o2)cc1. The molecule has 0 fully saturated rings. The van der Waals surface area contributed by atoms with Gasteiger partial charge in [-0.1, -0.05) is 17.7 Å². The van der Waals surface area contributed by atoms with E-state index in [0.717, 1.165) is 11.1 Å². The normalized spacial score (nSPS) is 10.9. The zero-order chi connectivity index (χ0) is 14.3. The minimum atomic E-state index is -1.20. The van der Waals surface area contributed by atoms with Gasteiger partial charge in [0.25, 0.3) is 0 Å². The first-order chi connectivity index (χ1) is 9.54. The molecule has 0 N–H and O–H groups in total. The number of carbonyl (C=O) groups is 1. The predicted molar refractivity (Wildman–Crippen MR) is 73.2 cm³/mol. The van der Waals surface area contributed by atoms with Crippen molar-refractivity contribution in [3.63, 3.8) is 0 Å². The number of oxazole rings is 1. The van der Waals surface area contributed by atoms with E-state index in [0.29, 0.717) is 22.6 Å². The molecule has 0 saturated carbocycles. The molecule has 0 spiro atoms. The van der Waals surface area contributed by atoms with Crippen LogP contribution in [0, 0.1) is 13.8 Å². The van der Waals surface area contributed by atoms with Crippen LogP contribution in [-0.4, -0.2) is 11.0 Å². The number of aryl methyl sites for hydroxylation is 2. The number of benzene rings is 2. The van der Waals surface area contributed by atoms with E-state index in [2.05, 4.69) is 4.98 Å². The Labute approximate surface area is 115 Å². The number of fused-ring (bicyclic) bond motifs is 1. The molecule has 0 aliphatic heterocycles. The van der Waals surface area contributed by atoms with E-state index in [1.54, 1.807) is 13.0 Å². The molecule has 0 amide bonds. The van der Waals surface area contributed by atoms with E-state index in [1.807, 2.05) is 31.2 Å². The monoisotopic (exact) mass is 266 g/mol. The van der Waals surface area contributed by atoms with Crippen molar-refractivity contribution in [3.8, 4) is 11.5 Å². The Balaban J connectivity index is 2.15. The van der Waals surface area contributed by atoms with Crippen LogP contribution in [0.25, 0.3) is 22.6 Å². The molecular weight excluding hydrogens is 254 g/mol. The van der Waals surface area contributed by atoms with E-state index in [-0.39, 0.29) is 5.56 Å². The molecule has 3 aromatic rings. The zero-order valence-electron chi connectivity index (χ0n) is 11.1.